The van der Waals surface area contributed by atoms with Crippen LogP contribution in [-0.2, 0) is 11.3 Å². The maximum atomic E-state index is 13.0. The van der Waals surface area contributed by atoms with E-state index < -0.39 is 6.10 Å². The van der Waals surface area contributed by atoms with Crippen LogP contribution in [0.3, 0.4) is 0 Å². The van der Waals surface area contributed by atoms with Gasteiger partial charge in [0.05, 0.1) is 11.3 Å². The van der Waals surface area contributed by atoms with E-state index in [-0.39, 0.29) is 11.8 Å². The molecule has 0 aliphatic heterocycles. The van der Waals surface area contributed by atoms with Crippen LogP contribution in [0.2, 0.25) is 0 Å². The Morgan fingerprint density at radius 3 is 2.27 bits per heavy atom. The van der Waals surface area contributed by atoms with Crippen molar-refractivity contribution in [2.45, 2.75) is 26.5 Å². The number of hydrogen-bond donors (Lipinski definition) is 1. The van der Waals surface area contributed by atoms with E-state index >= 15 is 0 Å². The number of benzene rings is 3. The first-order valence-corrected chi connectivity index (χ1v) is 9.86. The number of amides is 2. The number of hydrogen-bond acceptors (Lipinski definition) is 3. The van der Waals surface area contributed by atoms with E-state index in [1.54, 1.807) is 43.1 Å². The Morgan fingerprint density at radius 2 is 1.57 bits per heavy atom. The maximum Gasteiger partial charge on any atom is 0.265 e. The smallest absolute Gasteiger partial charge is 0.265 e. The van der Waals surface area contributed by atoms with Crippen molar-refractivity contribution in [3.05, 3.63) is 95.6 Å². The average molecular weight is 402 g/mol. The van der Waals surface area contributed by atoms with Gasteiger partial charge >= 0.3 is 0 Å². The summed E-state index contributed by atoms with van der Waals surface area (Å²) in [5.74, 6) is 0.138. The zero-order valence-corrected chi connectivity index (χ0v) is 17.5. The van der Waals surface area contributed by atoms with Gasteiger partial charge in [-0.25, -0.2) is 0 Å². The Bertz CT molecular complexity index is 1000. The van der Waals surface area contributed by atoms with Gasteiger partial charge < -0.3 is 15.0 Å². The van der Waals surface area contributed by atoms with Crippen LogP contribution >= 0.6 is 0 Å². The van der Waals surface area contributed by atoms with Gasteiger partial charge in [-0.1, -0.05) is 60.2 Å². The molecule has 5 nitrogen and oxygen atoms in total. The molecule has 0 aliphatic rings. The van der Waals surface area contributed by atoms with E-state index in [9.17, 15) is 9.59 Å². The van der Waals surface area contributed by atoms with Crippen LogP contribution in [0.5, 0.6) is 5.75 Å². The molecule has 30 heavy (non-hydrogen) atoms. The van der Waals surface area contributed by atoms with Crippen molar-refractivity contribution in [3.63, 3.8) is 0 Å². The van der Waals surface area contributed by atoms with Crippen molar-refractivity contribution < 1.29 is 14.3 Å². The van der Waals surface area contributed by atoms with Crippen molar-refractivity contribution in [2.75, 3.05) is 12.4 Å². The van der Waals surface area contributed by atoms with Gasteiger partial charge in [0.25, 0.3) is 11.8 Å². The summed E-state index contributed by atoms with van der Waals surface area (Å²) in [4.78, 5) is 27.3. The van der Waals surface area contributed by atoms with E-state index in [1.807, 2.05) is 61.5 Å². The molecule has 0 fully saturated rings. The Hall–Kier alpha value is -3.60. The van der Waals surface area contributed by atoms with Crippen molar-refractivity contribution in [3.8, 4) is 5.75 Å². The molecular weight excluding hydrogens is 376 g/mol. The SMILES string of the molecule is Cc1ccc(OC(C)C(=O)Nc2ccccc2C(=O)N(C)Cc2ccccc2)cc1. The van der Waals surface area contributed by atoms with Gasteiger partial charge in [-0.2, -0.15) is 0 Å². The normalized spacial score (nSPS) is 11.4. The van der Waals surface area contributed by atoms with Crippen LogP contribution in [0.4, 0.5) is 5.69 Å². The Balaban J connectivity index is 1.68. The molecule has 0 radical (unpaired) electrons. The summed E-state index contributed by atoms with van der Waals surface area (Å²) >= 11 is 0. The molecule has 3 aromatic rings. The van der Waals surface area contributed by atoms with Gasteiger partial charge in [0.15, 0.2) is 6.10 Å². The number of anilines is 1. The molecule has 0 heterocycles. The number of nitrogens with zero attached hydrogens (tertiary/aromatic N) is 1. The van der Waals surface area contributed by atoms with E-state index in [0.29, 0.717) is 23.5 Å². The fraction of sp³-hybridized carbons (Fsp3) is 0.200. The lowest BCUT2D eigenvalue weighted by molar-refractivity contribution is -0.122. The van der Waals surface area contributed by atoms with E-state index in [1.165, 1.54) is 0 Å². The Morgan fingerprint density at radius 1 is 0.933 bits per heavy atom. The second kappa shape index (κ2) is 9.74. The molecule has 2 amide bonds. The van der Waals surface area contributed by atoms with Crippen LogP contribution < -0.4 is 10.1 Å². The van der Waals surface area contributed by atoms with Gasteiger partial charge in [0, 0.05) is 13.6 Å². The lowest BCUT2D eigenvalue weighted by atomic mass is 10.1. The largest absolute Gasteiger partial charge is 0.481 e. The standard InChI is InChI=1S/C25H26N2O3/c1-18-13-15-21(16-14-18)30-19(2)24(28)26-23-12-8-7-11-22(23)25(29)27(3)17-20-9-5-4-6-10-20/h4-16,19H,17H2,1-3H3,(H,26,28). The predicted octanol–water partition coefficient (Wildman–Crippen LogP) is 4.67. The first-order chi connectivity index (χ1) is 14.4. The molecule has 1 unspecified atom stereocenters. The van der Waals surface area contributed by atoms with Gasteiger partial charge in [-0.3, -0.25) is 9.59 Å². The molecule has 1 N–H and O–H groups in total. The fourth-order valence-corrected chi connectivity index (χ4v) is 3.02. The van der Waals surface area contributed by atoms with Crippen molar-refractivity contribution in [1.82, 2.24) is 4.90 Å². The monoisotopic (exact) mass is 402 g/mol. The highest BCUT2D eigenvalue weighted by atomic mass is 16.5. The van der Waals surface area contributed by atoms with Crippen LogP contribution in [-0.4, -0.2) is 29.9 Å². The first kappa shape index (κ1) is 21.1. The lowest BCUT2D eigenvalue weighted by Gasteiger charge is -2.20. The maximum absolute atomic E-state index is 13.0. The third-order valence-corrected chi connectivity index (χ3v) is 4.73. The highest BCUT2D eigenvalue weighted by Crippen LogP contribution is 2.19. The van der Waals surface area contributed by atoms with Crippen molar-refractivity contribution in [2.24, 2.45) is 0 Å². The minimum Gasteiger partial charge on any atom is -0.481 e. The minimum absolute atomic E-state index is 0.165. The predicted molar refractivity (Wildman–Crippen MR) is 119 cm³/mol. The molecule has 3 aromatic carbocycles. The fourth-order valence-electron chi connectivity index (χ4n) is 3.02. The van der Waals surface area contributed by atoms with Gasteiger partial charge in [0.1, 0.15) is 5.75 Å². The number of aryl methyl sites for hydroxylation is 1. The summed E-state index contributed by atoms with van der Waals surface area (Å²) in [5, 5.41) is 2.83. The summed E-state index contributed by atoms with van der Waals surface area (Å²) in [6.07, 6.45) is -0.710. The third kappa shape index (κ3) is 5.47. The molecule has 5 heteroatoms. The topological polar surface area (TPSA) is 58.6 Å². The van der Waals surface area contributed by atoms with Gasteiger partial charge in [-0.05, 0) is 43.7 Å². The number of ether oxygens (including phenoxy) is 1. The molecule has 0 saturated heterocycles. The second-order valence-electron chi connectivity index (χ2n) is 7.25. The average Bonchev–Trinajstić information content (AvgIpc) is 2.76. The highest BCUT2D eigenvalue weighted by molar-refractivity contribution is 6.04. The summed E-state index contributed by atoms with van der Waals surface area (Å²) < 4.78 is 5.72. The third-order valence-electron chi connectivity index (χ3n) is 4.73. The van der Waals surface area contributed by atoms with E-state index in [0.717, 1.165) is 11.1 Å². The summed E-state index contributed by atoms with van der Waals surface area (Å²) in [5.41, 5.74) is 3.06. The number of carbonyl (C=O) groups excluding carboxylic acids is 2. The second-order valence-corrected chi connectivity index (χ2v) is 7.25. The molecule has 1 atom stereocenters. The summed E-state index contributed by atoms with van der Waals surface area (Å²) in [7, 11) is 1.75. The molecule has 0 bridgehead atoms. The molecule has 0 saturated carbocycles. The minimum atomic E-state index is -0.710. The molecule has 0 aromatic heterocycles. The van der Waals surface area contributed by atoms with Crippen molar-refractivity contribution in [1.29, 1.82) is 0 Å². The number of rotatable bonds is 7. The highest BCUT2D eigenvalue weighted by Gasteiger charge is 2.20. The van der Waals surface area contributed by atoms with E-state index in [4.69, 9.17) is 4.74 Å². The summed E-state index contributed by atoms with van der Waals surface area (Å²) in [6, 6.07) is 24.3. The lowest BCUT2D eigenvalue weighted by Crippen LogP contribution is -2.32. The number of carbonyl (C=O) groups is 2. The summed E-state index contributed by atoms with van der Waals surface area (Å²) in [6.45, 7) is 4.15. The van der Waals surface area contributed by atoms with E-state index in [2.05, 4.69) is 5.32 Å². The first-order valence-electron chi connectivity index (χ1n) is 9.86. The van der Waals surface area contributed by atoms with Crippen molar-refractivity contribution >= 4 is 17.5 Å². The van der Waals surface area contributed by atoms with Crippen LogP contribution in [0.1, 0.15) is 28.4 Å². The quantitative estimate of drug-likeness (QED) is 0.625. The van der Waals surface area contributed by atoms with Crippen LogP contribution in [0, 0.1) is 6.92 Å². The van der Waals surface area contributed by atoms with Crippen LogP contribution in [0.15, 0.2) is 78.9 Å². The van der Waals surface area contributed by atoms with Crippen LogP contribution in [0.25, 0.3) is 0 Å². The molecular formula is C25H26N2O3. The zero-order valence-electron chi connectivity index (χ0n) is 17.5. The number of para-hydroxylation sites is 1. The Labute approximate surface area is 177 Å². The molecule has 3 rings (SSSR count). The zero-order chi connectivity index (χ0) is 21.5. The van der Waals surface area contributed by atoms with Gasteiger partial charge in [0.2, 0.25) is 0 Å². The number of nitrogens with one attached hydrogen (secondary N) is 1. The molecule has 0 aliphatic carbocycles. The van der Waals surface area contributed by atoms with Gasteiger partial charge in [-0.15, -0.1) is 0 Å². The molecule has 0 spiro atoms. The Kier molecular flexibility index (Phi) is 6.86. The molecule has 154 valence electrons.